The lowest BCUT2D eigenvalue weighted by molar-refractivity contribution is 0.393. The van der Waals surface area contributed by atoms with Gasteiger partial charge in [-0.2, -0.15) is 5.10 Å². The Hall–Kier alpha value is -2.06. The minimum absolute atomic E-state index is 0.125. The first-order valence-corrected chi connectivity index (χ1v) is 8.09. The number of benzene rings is 1. The number of rotatable bonds is 6. The molecule has 0 bridgehead atoms. The third-order valence-corrected chi connectivity index (χ3v) is 4.87. The SMILES string of the molecule is COc1cc(CNS(=O)(=O)c2c(C)n[nH]c2C)cc(OC)c1. The van der Waals surface area contributed by atoms with Crippen molar-refractivity contribution in [3.8, 4) is 11.5 Å². The average molecular weight is 325 g/mol. The van der Waals surface area contributed by atoms with E-state index >= 15 is 0 Å². The lowest BCUT2D eigenvalue weighted by Gasteiger charge is -2.10. The summed E-state index contributed by atoms with van der Waals surface area (Å²) in [6.45, 7) is 3.44. The molecule has 1 aromatic carbocycles. The zero-order chi connectivity index (χ0) is 16.3. The predicted octanol–water partition coefficient (Wildman–Crippen LogP) is 1.52. The van der Waals surface area contributed by atoms with Crippen LogP contribution in [0.25, 0.3) is 0 Å². The van der Waals surface area contributed by atoms with Crippen molar-refractivity contribution < 1.29 is 17.9 Å². The lowest BCUT2D eigenvalue weighted by Crippen LogP contribution is -2.24. The van der Waals surface area contributed by atoms with Crippen molar-refractivity contribution in [2.45, 2.75) is 25.3 Å². The highest BCUT2D eigenvalue weighted by Crippen LogP contribution is 2.23. The summed E-state index contributed by atoms with van der Waals surface area (Å²) in [7, 11) is -0.556. The zero-order valence-corrected chi connectivity index (χ0v) is 13.7. The summed E-state index contributed by atoms with van der Waals surface area (Å²) in [4.78, 5) is 0.183. The highest BCUT2D eigenvalue weighted by atomic mass is 32.2. The summed E-state index contributed by atoms with van der Waals surface area (Å²) in [6.07, 6.45) is 0. The second kappa shape index (κ2) is 6.37. The second-order valence-electron chi connectivity index (χ2n) is 4.81. The van der Waals surface area contributed by atoms with Crippen molar-refractivity contribution in [2.24, 2.45) is 0 Å². The molecule has 8 heteroatoms. The molecule has 7 nitrogen and oxygen atoms in total. The first-order valence-electron chi connectivity index (χ1n) is 6.60. The van der Waals surface area contributed by atoms with Gasteiger partial charge in [0, 0.05) is 12.6 Å². The lowest BCUT2D eigenvalue weighted by atomic mass is 10.2. The normalized spacial score (nSPS) is 11.5. The summed E-state index contributed by atoms with van der Waals surface area (Å²) in [5.41, 5.74) is 1.68. The molecule has 2 aromatic rings. The number of aryl methyl sites for hydroxylation is 2. The van der Waals surface area contributed by atoms with Crippen molar-refractivity contribution in [2.75, 3.05) is 14.2 Å². The largest absolute Gasteiger partial charge is 0.497 e. The van der Waals surface area contributed by atoms with Crippen LogP contribution in [0.1, 0.15) is 17.0 Å². The Bertz CT molecular complexity index is 727. The summed E-state index contributed by atoms with van der Waals surface area (Å²) in [5, 5.41) is 6.58. The van der Waals surface area contributed by atoms with Gasteiger partial charge in [-0.05, 0) is 31.5 Å². The van der Waals surface area contributed by atoms with Crippen LogP contribution in [-0.4, -0.2) is 32.8 Å². The fourth-order valence-electron chi connectivity index (χ4n) is 2.16. The maximum atomic E-state index is 12.4. The highest BCUT2D eigenvalue weighted by molar-refractivity contribution is 7.89. The molecule has 120 valence electrons. The topological polar surface area (TPSA) is 93.3 Å². The molecule has 0 atom stereocenters. The van der Waals surface area contributed by atoms with Gasteiger partial charge < -0.3 is 9.47 Å². The van der Waals surface area contributed by atoms with Crippen molar-refractivity contribution in [1.29, 1.82) is 0 Å². The number of sulfonamides is 1. The van der Waals surface area contributed by atoms with Gasteiger partial charge in [-0.1, -0.05) is 0 Å². The first kappa shape index (κ1) is 16.3. The van der Waals surface area contributed by atoms with Crippen LogP contribution in [-0.2, 0) is 16.6 Å². The van der Waals surface area contributed by atoms with Gasteiger partial charge >= 0.3 is 0 Å². The number of aromatic amines is 1. The van der Waals surface area contributed by atoms with Gasteiger partial charge in [0.25, 0.3) is 0 Å². The molecule has 1 aromatic heterocycles. The Balaban J connectivity index is 2.22. The zero-order valence-electron chi connectivity index (χ0n) is 12.9. The summed E-state index contributed by atoms with van der Waals surface area (Å²) >= 11 is 0. The van der Waals surface area contributed by atoms with Gasteiger partial charge in [0.05, 0.1) is 25.6 Å². The Morgan fingerprint density at radius 1 is 1.14 bits per heavy atom. The van der Waals surface area contributed by atoms with Crippen molar-refractivity contribution >= 4 is 10.0 Å². The number of hydrogen-bond donors (Lipinski definition) is 2. The fraction of sp³-hybridized carbons (Fsp3) is 0.357. The minimum Gasteiger partial charge on any atom is -0.497 e. The number of aromatic nitrogens is 2. The van der Waals surface area contributed by atoms with E-state index in [1.807, 2.05) is 0 Å². The van der Waals surface area contributed by atoms with Crippen LogP contribution in [0.4, 0.5) is 0 Å². The van der Waals surface area contributed by atoms with Gasteiger partial charge in [-0.25, -0.2) is 13.1 Å². The smallest absolute Gasteiger partial charge is 0.244 e. The Morgan fingerprint density at radius 2 is 1.73 bits per heavy atom. The van der Waals surface area contributed by atoms with Crippen LogP contribution < -0.4 is 14.2 Å². The molecule has 1 heterocycles. The van der Waals surface area contributed by atoms with Crippen LogP contribution in [0, 0.1) is 13.8 Å². The van der Waals surface area contributed by atoms with Gasteiger partial charge in [-0.15, -0.1) is 0 Å². The van der Waals surface area contributed by atoms with E-state index in [9.17, 15) is 8.42 Å². The monoisotopic (exact) mass is 325 g/mol. The Morgan fingerprint density at radius 3 is 2.18 bits per heavy atom. The molecule has 0 amide bonds. The van der Waals surface area contributed by atoms with Crippen LogP contribution in [0.2, 0.25) is 0 Å². The Labute approximate surface area is 129 Å². The van der Waals surface area contributed by atoms with Gasteiger partial charge in [0.15, 0.2) is 0 Å². The summed E-state index contributed by atoms with van der Waals surface area (Å²) < 4.78 is 37.7. The highest BCUT2D eigenvalue weighted by Gasteiger charge is 2.21. The number of ether oxygens (including phenoxy) is 2. The summed E-state index contributed by atoms with van der Waals surface area (Å²) in [5.74, 6) is 1.20. The van der Waals surface area contributed by atoms with E-state index in [4.69, 9.17) is 9.47 Å². The van der Waals surface area contributed by atoms with Crippen LogP contribution in [0.5, 0.6) is 11.5 Å². The van der Waals surface area contributed by atoms with E-state index in [2.05, 4.69) is 14.9 Å². The molecule has 0 fully saturated rings. The van der Waals surface area contributed by atoms with E-state index in [1.54, 1.807) is 46.3 Å². The molecule has 0 saturated heterocycles. The molecular weight excluding hydrogens is 306 g/mol. The molecule has 0 radical (unpaired) electrons. The second-order valence-corrected chi connectivity index (χ2v) is 6.51. The molecule has 22 heavy (non-hydrogen) atoms. The number of hydrogen-bond acceptors (Lipinski definition) is 5. The predicted molar refractivity (Wildman–Crippen MR) is 81.6 cm³/mol. The molecular formula is C14H19N3O4S. The molecule has 2 rings (SSSR count). The number of nitrogens with one attached hydrogen (secondary N) is 2. The number of nitrogens with zero attached hydrogens (tertiary/aromatic N) is 1. The van der Waals surface area contributed by atoms with Crippen LogP contribution in [0.3, 0.4) is 0 Å². The molecule has 0 aliphatic carbocycles. The van der Waals surface area contributed by atoms with E-state index in [1.165, 1.54) is 0 Å². The van der Waals surface area contributed by atoms with E-state index < -0.39 is 10.0 Å². The first-order chi connectivity index (χ1) is 10.4. The number of methoxy groups -OCH3 is 2. The average Bonchev–Trinajstić information content (AvgIpc) is 2.84. The minimum atomic E-state index is -3.64. The summed E-state index contributed by atoms with van der Waals surface area (Å²) in [6, 6.07) is 5.22. The molecule has 2 N–H and O–H groups in total. The van der Waals surface area contributed by atoms with Crippen molar-refractivity contribution in [3.05, 3.63) is 35.2 Å². The molecule has 0 spiro atoms. The van der Waals surface area contributed by atoms with E-state index in [0.29, 0.717) is 22.9 Å². The Kier molecular flexibility index (Phi) is 4.72. The molecule has 0 aliphatic rings. The standard InChI is InChI=1S/C14H19N3O4S/c1-9-14(10(2)17-16-9)22(18,19)15-8-11-5-12(20-3)7-13(6-11)21-4/h5-7,15H,8H2,1-4H3,(H,16,17). The maximum absolute atomic E-state index is 12.4. The molecule has 0 unspecified atom stereocenters. The van der Waals surface area contributed by atoms with Gasteiger partial charge in [0.1, 0.15) is 16.4 Å². The van der Waals surface area contributed by atoms with E-state index in [-0.39, 0.29) is 11.4 Å². The third kappa shape index (κ3) is 3.40. The van der Waals surface area contributed by atoms with Gasteiger partial charge in [-0.3, -0.25) is 5.10 Å². The maximum Gasteiger partial charge on any atom is 0.244 e. The van der Waals surface area contributed by atoms with Gasteiger partial charge in [0.2, 0.25) is 10.0 Å². The number of H-pyrrole nitrogens is 1. The van der Waals surface area contributed by atoms with Crippen molar-refractivity contribution in [3.63, 3.8) is 0 Å². The fourth-order valence-corrected chi connectivity index (χ4v) is 3.54. The molecule has 0 aliphatic heterocycles. The molecule has 0 saturated carbocycles. The van der Waals surface area contributed by atoms with E-state index in [0.717, 1.165) is 5.56 Å². The van der Waals surface area contributed by atoms with Crippen LogP contribution >= 0.6 is 0 Å². The van der Waals surface area contributed by atoms with Crippen molar-refractivity contribution in [1.82, 2.24) is 14.9 Å². The quantitative estimate of drug-likeness (QED) is 0.840. The van der Waals surface area contributed by atoms with Crippen LogP contribution in [0.15, 0.2) is 23.1 Å². The third-order valence-electron chi connectivity index (χ3n) is 3.21.